The van der Waals surface area contributed by atoms with Gasteiger partial charge in [0.25, 0.3) is 0 Å². The number of para-hydroxylation sites is 1. The van der Waals surface area contributed by atoms with Crippen LogP contribution in [0.5, 0.6) is 17.2 Å². The fourth-order valence-electron chi connectivity index (χ4n) is 3.96. The number of carbonyl (C=O) groups excluding carboxylic acids is 1. The minimum atomic E-state index is -0.145. The van der Waals surface area contributed by atoms with Gasteiger partial charge >= 0.3 is 6.03 Å². The fraction of sp³-hybridized carbons (Fsp3) is 0.346. The molecule has 0 atom stereocenters. The molecule has 1 fully saturated rings. The molecule has 2 heterocycles. The van der Waals surface area contributed by atoms with Gasteiger partial charge in [0.2, 0.25) is 0 Å². The summed E-state index contributed by atoms with van der Waals surface area (Å²) < 4.78 is 16.7. The van der Waals surface area contributed by atoms with Crippen molar-refractivity contribution >= 4 is 17.5 Å². The van der Waals surface area contributed by atoms with E-state index >= 15 is 0 Å². The summed E-state index contributed by atoms with van der Waals surface area (Å²) in [5.74, 6) is 2.83. The Morgan fingerprint density at radius 1 is 0.886 bits per heavy atom. The minimum absolute atomic E-state index is 0.145. The minimum Gasteiger partial charge on any atom is -0.496 e. The van der Waals surface area contributed by atoms with Crippen molar-refractivity contribution in [3.8, 4) is 28.5 Å². The van der Waals surface area contributed by atoms with E-state index in [0.29, 0.717) is 56.6 Å². The number of urea groups is 1. The summed E-state index contributed by atoms with van der Waals surface area (Å²) >= 11 is 0. The van der Waals surface area contributed by atoms with E-state index in [1.807, 2.05) is 62.4 Å². The van der Waals surface area contributed by atoms with Crippen LogP contribution in [0.3, 0.4) is 0 Å². The Hall–Kier alpha value is -4.01. The van der Waals surface area contributed by atoms with E-state index in [4.69, 9.17) is 14.2 Å². The largest absolute Gasteiger partial charge is 0.496 e. The number of nitrogens with one attached hydrogen (secondary N) is 1. The van der Waals surface area contributed by atoms with E-state index in [-0.39, 0.29) is 6.03 Å². The van der Waals surface area contributed by atoms with Crippen LogP contribution in [0, 0.1) is 0 Å². The number of carbonyl (C=O) groups is 1. The van der Waals surface area contributed by atoms with Gasteiger partial charge in [-0.15, -0.1) is 10.2 Å². The van der Waals surface area contributed by atoms with Crippen molar-refractivity contribution in [2.24, 2.45) is 0 Å². The first kappa shape index (κ1) is 24.1. The van der Waals surface area contributed by atoms with Gasteiger partial charge < -0.3 is 29.3 Å². The molecule has 4 rings (SSSR count). The number of methoxy groups -OCH3 is 1. The lowest BCUT2D eigenvalue weighted by molar-refractivity contribution is 0.208. The first-order valence-electron chi connectivity index (χ1n) is 11.8. The highest BCUT2D eigenvalue weighted by atomic mass is 16.5. The van der Waals surface area contributed by atoms with Crippen LogP contribution >= 0.6 is 0 Å². The van der Waals surface area contributed by atoms with Gasteiger partial charge in [-0.25, -0.2) is 4.79 Å². The van der Waals surface area contributed by atoms with Crippen LogP contribution in [-0.4, -0.2) is 67.6 Å². The molecule has 2 amide bonds. The quantitative estimate of drug-likeness (QED) is 0.517. The van der Waals surface area contributed by atoms with Crippen molar-refractivity contribution in [2.75, 3.05) is 56.7 Å². The van der Waals surface area contributed by atoms with Gasteiger partial charge in [-0.2, -0.15) is 0 Å². The van der Waals surface area contributed by atoms with Crippen LogP contribution in [0.15, 0.2) is 54.6 Å². The third-order valence-electron chi connectivity index (χ3n) is 5.72. The summed E-state index contributed by atoms with van der Waals surface area (Å²) in [6, 6.07) is 16.9. The molecule has 0 saturated carbocycles. The topological polar surface area (TPSA) is 89.1 Å². The van der Waals surface area contributed by atoms with Crippen molar-refractivity contribution in [1.82, 2.24) is 15.1 Å². The van der Waals surface area contributed by atoms with Gasteiger partial charge in [-0.3, -0.25) is 0 Å². The summed E-state index contributed by atoms with van der Waals surface area (Å²) in [5, 5.41) is 11.8. The molecule has 1 aliphatic rings. The van der Waals surface area contributed by atoms with Crippen molar-refractivity contribution in [3.05, 3.63) is 54.6 Å². The highest BCUT2D eigenvalue weighted by Gasteiger charge is 2.23. The van der Waals surface area contributed by atoms with Gasteiger partial charge in [0, 0.05) is 43.5 Å². The second-order valence-corrected chi connectivity index (χ2v) is 7.91. The third kappa shape index (κ3) is 5.74. The number of ether oxygens (including phenoxy) is 3. The van der Waals surface area contributed by atoms with Crippen molar-refractivity contribution in [3.63, 3.8) is 0 Å². The lowest BCUT2D eigenvalue weighted by Crippen LogP contribution is -2.50. The summed E-state index contributed by atoms with van der Waals surface area (Å²) in [7, 11) is 1.64. The monoisotopic (exact) mass is 477 g/mol. The molecule has 0 aliphatic carbocycles. The molecule has 1 aliphatic heterocycles. The van der Waals surface area contributed by atoms with E-state index in [0.717, 1.165) is 22.8 Å². The average Bonchev–Trinajstić information content (AvgIpc) is 2.90. The van der Waals surface area contributed by atoms with Gasteiger partial charge in [0.15, 0.2) is 17.3 Å². The molecule has 0 unspecified atom stereocenters. The standard InChI is InChI=1S/C26H31N5O4/c1-4-34-23-12-10-19(18-24(23)35-5-2)27-26(32)31-16-14-30(15-17-31)25-13-11-21(28-29-25)20-8-6-7-9-22(20)33-3/h6-13,18H,4-5,14-17H2,1-3H3,(H,27,32). The number of hydrogen-bond donors (Lipinski definition) is 1. The molecule has 9 heteroatoms. The number of benzene rings is 2. The van der Waals surface area contributed by atoms with E-state index in [1.54, 1.807) is 18.1 Å². The Bertz CT molecular complexity index is 1130. The Kier molecular flexibility index (Phi) is 7.87. The molecule has 1 N–H and O–H groups in total. The van der Waals surface area contributed by atoms with E-state index < -0.39 is 0 Å². The lowest BCUT2D eigenvalue weighted by atomic mass is 10.1. The summed E-state index contributed by atoms with van der Waals surface area (Å²) in [5.41, 5.74) is 2.32. The van der Waals surface area contributed by atoms with Crippen LogP contribution < -0.4 is 24.4 Å². The molecule has 0 bridgehead atoms. The molecule has 0 radical (unpaired) electrons. The maximum Gasteiger partial charge on any atom is 0.321 e. The molecule has 1 saturated heterocycles. The molecule has 184 valence electrons. The van der Waals surface area contributed by atoms with Crippen LogP contribution in [-0.2, 0) is 0 Å². The third-order valence-corrected chi connectivity index (χ3v) is 5.72. The van der Waals surface area contributed by atoms with Gasteiger partial charge in [-0.1, -0.05) is 12.1 Å². The Labute approximate surface area is 205 Å². The molecular formula is C26H31N5O4. The SMILES string of the molecule is CCOc1ccc(NC(=O)N2CCN(c3ccc(-c4ccccc4OC)nn3)CC2)cc1OCC. The second kappa shape index (κ2) is 11.4. The summed E-state index contributed by atoms with van der Waals surface area (Å²) in [6.07, 6.45) is 0. The number of aromatic nitrogens is 2. The number of nitrogens with zero attached hydrogens (tertiary/aromatic N) is 4. The summed E-state index contributed by atoms with van der Waals surface area (Å²) in [4.78, 5) is 16.8. The number of amides is 2. The zero-order valence-electron chi connectivity index (χ0n) is 20.4. The molecule has 3 aromatic rings. The Morgan fingerprint density at radius 3 is 2.31 bits per heavy atom. The van der Waals surface area contributed by atoms with Crippen molar-refractivity contribution < 1.29 is 19.0 Å². The molecule has 2 aromatic carbocycles. The molecular weight excluding hydrogens is 446 g/mol. The maximum absolute atomic E-state index is 12.8. The summed E-state index contributed by atoms with van der Waals surface area (Å²) in [6.45, 7) is 7.40. The number of hydrogen-bond acceptors (Lipinski definition) is 7. The number of rotatable bonds is 8. The smallest absolute Gasteiger partial charge is 0.321 e. The van der Waals surface area contributed by atoms with Gasteiger partial charge in [0.1, 0.15) is 5.75 Å². The lowest BCUT2D eigenvalue weighted by Gasteiger charge is -2.35. The highest BCUT2D eigenvalue weighted by molar-refractivity contribution is 5.90. The van der Waals surface area contributed by atoms with E-state index in [1.165, 1.54) is 0 Å². The zero-order valence-corrected chi connectivity index (χ0v) is 20.4. The molecule has 35 heavy (non-hydrogen) atoms. The zero-order chi connectivity index (χ0) is 24.6. The Morgan fingerprint density at radius 2 is 1.63 bits per heavy atom. The predicted octanol–water partition coefficient (Wildman–Crippen LogP) is 4.30. The van der Waals surface area contributed by atoms with Crippen LogP contribution in [0.2, 0.25) is 0 Å². The Balaban J connectivity index is 1.35. The predicted molar refractivity (Wildman–Crippen MR) is 136 cm³/mol. The van der Waals surface area contributed by atoms with Crippen LogP contribution in [0.1, 0.15) is 13.8 Å². The maximum atomic E-state index is 12.8. The van der Waals surface area contributed by atoms with Crippen LogP contribution in [0.25, 0.3) is 11.3 Å². The average molecular weight is 478 g/mol. The molecule has 1 aromatic heterocycles. The first-order valence-corrected chi connectivity index (χ1v) is 11.8. The molecule has 9 nitrogen and oxygen atoms in total. The van der Waals surface area contributed by atoms with Gasteiger partial charge in [-0.05, 0) is 50.2 Å². The van der Waals surface area contributed by atoms with E-state index in [2.05, 4.69) is 20.4 Å². The van der Waals surface area contributed by atoms with Crippen molar-refractivity contribution in [2.45, 2.75) is 13.8 Å². The normalized spacial score (nSPS) is 13.3. The highest BCUT2D eigenvalue weighted by Crippen LogP contribution is 2.31. The van der Waals surface area contributed by atoms with Crippen LogP contribution in [0.4, 0.5) is 16.3 Å². The number of piperazine rings is 1. The van der Waals surface area contributed by atoms with Gasteiger partial charge in [0.05, 0.1) is 26.0 Å². The first-order chi connectivity index (χ1) is 17.1. The fourth-order valence-corrected chi connectivity index (χ4v) is 3.96. The second-order valence-electron chi connectivity index (χ2n) is 7.91. The van der Waals surface area contributed by atoms with E-state index in [9.17, 15) is 4.79 Å². The number of anilines is 2. The molecule has 0 spiro atoms. The van der Waals surface area contributed by atoms with Crippen molar-refractivity contribution in [1.29, 1.82) is 0 Å².